The summed E-state index contributed by atoms with van der Waals surface area (Å²) in [6, 6.07) is 18.5. The summed E-state index contributed by atoms with van der Waals surface area (Å²) in [5, 5.41) is 1.77. The molecule has 0 aliphatic carbocycles. The summed E-state index contributed by atoms with van der Waals surface area (Å²) >= 11 is 1.55. The molecule has 0 unspecified atom stereocenters. The third-order valence-electron chi connectivity index (χ3n) is 4.78. The van der Waals surface area contributed by atoms with Crippen LogP contribution in [0.3, 0.4) is 0 Å². The van der Waals surface area contributed by atoms with E-state index in [1.54, 1.807) is 29.4 Å². The van der Waals surface area contributed by atoms with Crippen LogP contribution in [0.1, 0.15) is 28.5 Å². The fourth-order valence-corrected chi connectivity index (χ4v) is 4.00. The number of fused-ring (bicyclic) bond motifs is 2. The molecule has 6 nitrogen and oxygen atoms in total. The number of para-hydroxylation sites is 2. The first-order valence-corrected chi connectivity index (χ1v) is 9.98. The quantitative estimate of drug-likeness (QED) is 0.465. The van der Waals surface area contributed by atoms with Gasteiger partial charge < -0.3 is 9.64 Å². The molecule has 2 aromatic carbocycles. The average Bonchev–Trinajstić information content (AvgIpc) is 3.20. The van der Waals surface area contributed by atoms with E-state index in [1.165, 1.54) is 0 Å². The lowest BCUT2D eigenvalue weighted by atomic mass is 10.2. The highest BCUT2D eigenvalue weighted by Crippen LogP contribution is 2.28. The second-order valence-corrected chi connectivity index (χ2v) is 7.73. The summed E-state index contributed by atoms with van der Waals surface area (Å²) in [6.07, 6.45) is 0. The maximum Gasteiger partial charge on any atom is 0.357 e. The maximum absolute atomic E-state index is 12.5. The van der Waals surface area contributed by atoms with Crippen molar-refractivity contribution in [1.29, 1.82) is 0 Å². The van der Waals surface area contributed by atoms with Crippen LogP contribution in [-0.2, 0) is 9.53 Å². The van der Waals surface area contributed by atoms with Crippen LogP contribution in [0.4, 0.5) is 0 Å². The van der Waals surface area contributed by atoms with Gasteiger partial charge in [-0.2, -0.15) is 0 Å². The standard InChI is InChI=1S/C22H19N3O3S/c1-14(21-24-17-9-5-6-10-19(17)29-21)25(2)20(26)13-28-22(27)18-12-11-15-7-3-4-8-16(15)23-18/h3-12,14H,13H2,1-2H3/t14-/m1/s1. The van der Waals surface area contributed by atoms with Gasteiger partial charge in [-0.05, 0) is 31.2 Å². The normalized spacial score (nSPS) is 12.1. The second kappa shape index (κ2) is 7.97. The Morgan fingerprint density at radius 1 is 1.00 bits per heavy atom. The molecule has 0 saturated carbocycles. The van der Waals surface area contributed by atoms with E-state index in [2.05, 4.69) is 9.97 Å². The van der Waals surface area contributed by atoms with E-state index in [9.17, 15) is 9.59 Å². The van der Waals surface area contributed by atoms with Gasteiger partial charge in [0.05, 0.1) is 21.8 Å². The molecule has 4 rings (SSSR count). The van der Waals surface area contributed by atoms with E-state index in [0.29, 0.717) is 5.52 Å². The number of carbonyl (C=O) groups is 2. The number of esters is 1. The van der Waals surface area contributed by atoms with Crippen molar-refractivity contribution in [3.8, 4) is 0 Å². The van der Waals surface area contributed by atoms with E-state index in [0.717, 1.165) is 20.6 Å². The first-order valence-electron chi connectivity index (χ1n) is 9.17. The highest BCUT2D eigenvalue weighted by atomic mass is 32.1. The number of likely N-dealkylation sites (N-methyl/N-ethyl adjacent to an activating group) is 1. The van der Waals surface area contributed by atoms with Crippen molar-refractivity contribution in [2.45, 2.75) is 13.0 Å². The van der Waals surface area contributed by atoms with Crippen LogP contribution in [0.25, 0.3) is 21.1 Å². The van der Waals surface area contributed by atoms with Gasteiger partial charge >= 0.3 is 5.97 Å². The first kappa shape index (κ1) is 19.0. The molecule has 4 aromatic rings. The number of thiazole rings is 1. The zero-order valence-corrected chi connectivity index (χ0v) is 16.8. The lowest BCUT2D eigenvalue weighted by molar-refractivity contribution is -0.135. The van der Waals surface area contributed by atoms with E-state index in [4.69, 9.17) is 4.74 Å². The molecule has 146 valence electrons. The Morgan fingerprint density at radius 3 is 2.52 bits per heavy atom. The van der Waals surface area contributed by atoms with Crippen LogP contribution in [0.2, 0.25) is 0 Å². The summed E-state index contributed by atoms with van der Waals surface area (Å²) in [4.78, 5) is 35.3. The average molecular weight is 405 g/mol. The smallest absolute Gasteiger partial charge is 0.357 e. The maximum atomic E-state index is 12.5. The number of pyridine rings is 1. The molecular formula is C22H19N3O3S. The number of aromatic nitrogens is 2. The number of amides is 1. The molecule has 29 heavy (non-hydrogen) atoms. The Bertz CT molecular complexity index is 1170. The molecule has 0 saturated heterocycles. The largest absolute Gasteiger partial charge is 0.451 e. The fraction of sp³-hybridized carbons (Fsp3) is 0.182. The van der Waals surface area contributed by atoms with Crippen molar-refractivity contribution >= 4 is 44.3 Å². The number of benzene rings is 2. The van der Waals surface area contributed by atoms with Gasteiger partial charge in [0.25, 0.3) is 5.91 Å². The van der Waals surface area contributed by atoms with Crippen molar-refractivity contribution in [2.24, 2.45) is 0 Å². The SMILES string of the molecule is C[C@H](c1nc2ccccc2s1)N(C)C(=O)COC(=O)c1ccc2ccccc2n1. The van der Waals surface area contributed by atoms with Gasteiger partial charge in [0.1, 0.15) is 10.7 Å². The van der Waals surface area contributed by atoms with Gasteiger partial charge in [-0.15, -0.1) is 11.3 Å². The van der Waals surface area contributed by atoms with Crippen molar-refractivity contribution in [2.75, 3.05) is 13.7 Å². The van der Waals surface area contributed by atoms with Crippen LogP contribution < -0.4 is 0 Å². The molecule has 0 bridgehead atoms. The third kappa shape index (κ3) is 3.95. The second-order valence-electron chi connectivity index (χ2n) is 6.67. The predicted octanol–water partition coefficient (Wildman–Crippen LogP) is 4.22. The first-order chi connectivity index (χ1) is 14.0. The van der Waals surface area contributed by atoms with Gasteiger partial charge in [0, 0.05) is 12.4 Å². The Morgan fingerprint density at radius 2 is 1.72 bits per heavy atom. The molecule has 0 fully saturated rings. The number of hydrogen-bond acceptors (Lipinski definition) is 6. The van der Waals surface area contributed by atoms with E-state index in [-0.39, 0.29) is 24.2 Å². The van der Waals surface area contributed by atoms with E-state index >= 15 is 0 Å². The molecule has 0 spiro atoms. The molecule has 7 heteroatoms. The Hall–Kier alpha value is -3.32. The number of hydrogen-bond donors (Lipinski definition) is 0. The van der Waals surface area contributed by atoms with Crippen LogP contribution in [0.15, 0.2) is 60.7 Å². The number of carbonyl (C=O) groups excluding carboxylic acids is 2. The van der Waals surface area contributed by atoms with Gasteiger partial charge in [-0.1, -0.05) is 36.4 Å². The Kier molecular flexibility index (Phi) is 5.22. The summed E-state index contributed by atoms with van der Waals surface area (Å²) in [7, 11) is 1.68. The minimum Gasteiger partial charge on any atom is -0.451 e. The molecular weight excluding hydrogens is 386 g/mol. The third-order valence-corrected chi connectivity index (χ3v) is 5.98. The molecule has 1 amide bonds. The van der Waals surface area contributed by atoms with Crippen LogP contribution in [0, 0.1) is 0 Å². The van der Waals surface area contributed by atoms with Crippen LogP contribution in [0.5, 0.6) is 0 Å². The molecule has 0 radical (unpaired) electrons. The topological polar surface area (TPSA) is 72.4 Å². The molecule has 2 heterocycles. The van der Waals surface area contributed by atoms with Gasteiger partial charge in [0.15, 0.2) is 6.61 Å². The van der Waals surface area contributed by atoms with Crippen LogP contribution >= 0.6 is 11.3 Å². The highest BCUT2D eigenvalue weighted by Gasteiger charge is 2.22. The van der Waals surface area contributed by atoms with Gasteiger partial charge in [0.2, 0.25) is 0 Å². The Balaban J connectivity index is 1.40. The zero-order chi connectivity index (χ0) is 20.4. The van der Waals surface area contributed by atoms with Crippen molar-refractivity contribution in [3.63, 3.8) is 0 Å². The summed E-state index contributed by atoms with van der Waals surface area (Å²) in [5.74, 6) is -0.920. The fourth-order valence-electron chi connectivity index (χ4n) is 2.93. The predicted molar refractivity (Wildman–Crippen MR) is 113 cm³/mol. The molecule has 0 aliphatic heterocycles. The summed E-state index contributed by atoms with van der Waals surface area (Å²) < 4.78 is 6.27. The zero-order valence-electron chi connectivity index (χ0n) is 16.0. The van der Waals surface area contributed by atoms with Gasteiger partial charge in [-0.25, -0.2) is 14.8 Å². The molecule has 0 N–H and O–H groups in total. The minimum absolute atomic E-state index is 0.179. The van der Waals surface area contributed by atoms with E-state index in [1.807, 2.05) is 61.5 Å². The van der Waals surface area contributed by atoms with E-state index < -0.39 is 5.97 Å². The summed E-state index contributed by atoms with van der Waals surface area (Å²) in [5.41, 5.74) is 1.79. The number of ether oxygens (including phenoxy) is 1. The van der Waals surface area contributed by atoms with Crippen LogP contribution in [-0.4, -0.2) is 40.4 Å². The number of nitrogens with zero attached hydrogens (tertiary/aromatic N) is 3. The lowest BCUT2D eigenvalue weighted by Crippen LogP contribution is -2.33. The summed E-state index contributed by atoms with van der Waals surface area (Å²) in [6.45, 7) is 1.56. The van der Waals surface area contributed by atoms with Crippen molar-refractivity contribution in [3.05, 3.63) is 71.4 Å². The van der Waals surface area contributed by atoms with Crippen molar-refractivity contribution in [1.82, 2.24) is 14.9 Å². The van der Waals surface area contributed by atoms with Gasteiger partial charge in [-0.3, -0.25) is 4.79 Å². The monoisotopic (exact) mass is 405 g/mol. The van der Waals surface area contributed by atoms with Crippen molar-refractivity contribution < 1.29 is 14.3 Å². The minimum atomic E-state index is -0.620. The molecule has 2 aromatic heterocycles. The highest BCUT2D eigenvalue weighted by molar-refractivity contribution is 7.18. The number of rotatable bonds is 5. The molecule has 0 aliphatic rings. The molecule has 1 atom stereocenters. The Labute approximate surface area is 171 Å². The lowest BCUT2D eigenvalue weighted by Gasteiger charge is -2.23.